The third kappa shape index (κ3) is 2.57. The van der Waals surface area contributed by atoms with Crippen molar-refractivity contribution in [3.05, 3.63) is 69.4 Å². The van der Waals surface area contributed by atoms with E-state index < -0.39 is 23.6 Å². The molecule has 0 radical (unpaired) electrons. The lowest BCUT2D eigenvalue weighted by Crippen LogP contribution is -2.04. The zero-order valence-corrected chi connectivity index (χ0v) is 10.6. The monoisotopic (exact) mass is 316 g/mol. The molecular weight excluding hydrogens is 309 g/mol. The van der Waals surface area contributed by atoms with Gasteiger partial charge in [-0.15, -0.1) is 0 Å². The summed E-state index contributed by atoms with van der Waals surface area (Å²) in [6.07, 6.45) is -1.44. The van der Waals surface area contributed by atoms with Gasteiger partial charge in [0.05, 0.1) is 0 Å². The standard InChI is InChI=1S/C13H8BrF3O/c14-11-3-1-7(15)5-9(11)13(18)10-6-8(16)2-4-12(10)17/h1-6,13,18H. The van der Waals surface area contributed by atoms with Crippen molar-refractivity contribution < 1.29 is 18.3 Å². The van der Waals surface area contributed by atoms with Crippen LogP contribution < -0.4 is 0 Å². The summed E-state index contributed by atoms with van der Waals surface area (Å²) in [5.41, 5.74) is -0.0965. The smallest absolute Gasteiger partial charge is 0.129 e. The Hall–Kier alpha value is -1.33. The second-order valence-corrected chi connectivity index (χ2v) is 4.59. The Labute approximate surface area is 110 Å². The number of benzene rings is 2. The first-order valence-corrected chi connectivity index (χ1v) is 5.86. The topological polar surface area (TPSA) is 20.2 Å². The fraction of sp³-hybridized carbons (Fsp3) is 0.0769. The predicted octanol–water partition coefficient (Wildman–Crippen LogP) is 3.95. The molecule has 0 aromatic heterocycles. The van der Waals surface area contributed by atoms with Crippen LogP contribution in [-0.4, -0.2) is 5.11 Å². The molecule has 2 aromatic carbocycles. The van der Waals surface area contributed by atoms with Gasteiger partial charge < -0.3 is 5.11 Å². The van der Waals surface area contributed by atoms with Crippen LogP contribution in [0, 0.1) is 17.5 Å². The lowest BCUT2D eigenvalue weighted by atomic mass is 10.0. The van der Waals surface area contributed by atoms with E-state index in [2.05, 4.69) is 15.9 Å². The highest BCUT2D eigenvalue weighted by Crippen LogP contribution is 2.30. The minimum Gasteiger partial charge on any atom is -0.384 e. The van der Waals surface area contributed by atoms with Crippen LogP contribution in [-0.2, 0) is 0 Å². The average molecular weight is 317 g/mol. The lowest BCUT2D eigenvalue weighted by molar-refractivity contribution is 0.213. The van der Waals surface area contributed by atoms with Crippen molar-refractivity contribution in [1.29, 1.82) is 0 Å². The molecule has 0 aliphatic heterocycles. The molecule has 0 heterocycles. The van der Waals surface area contributed by atoms with Crippen LogP contribution in [0.1, 0.15) is 17.2 Å². The molecule has 0 aliphatic carbocycles. The summed E-state index contributed by atoms with van der Waals surface area (Å²) in [5, 5.41) is 10.00. The van der Waals surface area contributed by atoms with Crippen LogP contribution in [0.2, 0.25) is 0 Å². The molecule has 0 aliphatic rings. The van der Waals surface area contributed by atoms with E-state index in [1.54, 1.807) is 0 Å². The van der Waals surface area contributed by atoms with Gasteiger partial charge in [-0.2, -0.15) is 0 Å². The minimum absolute atomic E-state index is 0.138. The normalized spacial score (nSPS) is 12.5. The molecule has 0 spiro atoms. The zero-order valence-electron chi connectivity index (χ0n) is 9.00. The van der Waals surface area contributed by atoms with E-state index >= 15 is 0 Å². The van der Waals surface area contributed by atoms with E-state index in [9.17, 15) is 18.3 Å². The number of aliphatic hydroxyl groups is 1. The van der Waals surface area contributed by atoms with Crippen LogP contribution in [0.5, 0.6) is 0 Å². The predicted molar refractivity (Wildman–Crippen MR) is 64.5 cm³/mol. The van der Waals surface area contributed by atoms with E-state index in [4.69, 9.17) is 0 Å². The maximum atomic E-state index is 13.5. The highest BCUT2D eigenvalue weighted by Gasteiger charge is 2.18. The van der Waals surface area contributed by atoms with Crippen LogP contribution in [0.3, 0.4) is 0 Å². The summed E-state index contributed by atoms with van der Waals surface area (Å²) in [5.74, 6) is -1.98. The van der Waals surface area contributed by atoms with E-state index in [1.165, 1.54) is 12.1 Å². The van der Waals surface area contributed by atoms with Crippen molar-refractivity contribution >= 4 is 15.9 Å². The van der Waals surface area contributed by atoms with Crippen molar-refractivity contribution in [2.45, 2.75) is 6.10 Å². The van der Waals surface area contributed by atoms with Gasteiger partial charge in [0.2, 0.25) is 0 Å². The van der Waals surface area contributed by atoms with Gasteiger partial charge in [0.15, 0.2) is 0 Å². The molecule has 5 heteroatoms. The highest BCUT2D eigenvalue weighted by atomic mass is 79.9. The van der Waals surface area contributed by atoms with E-state index in [0.29, 0.717) is 4.47 Å². The first-order valence-electron chi connectivity index (χ1n) is 5.07. The van der Waals surface area contributed by atoms with Gasteiger partial charge in [0.25, 0.3) is 0 Å². The molecule has 0 bridgehead atoms. The summed E-state index contributed by atoms with van der Waals surface area (Å²) in [6, 6.07) is 6.41. The van der Waals surface area contributed by atoms with Gasteiger partial charge in [0.1, 0.15) is 23.6 Å². The van der Waals surface area contributed by atoms with Crippen molar-refractivity contribution in [2.75, 3.05) is 0 Å². The molecule has 1 nitrogen and oxygen atoms in total. The molecule has 18 heavy (non-hydrogen) atoms. The highest BCUT2D eigenvalue weighted by molar-refractivity contribution is 9.10. The molecule has 2 rings (SSSR count). The van der Waals surface area contributed by atoms with E-state index in [1.807, 2.05) is 0 Å². The van der Waals surface area contributed by atoms with Crippen molar-refractivity contribution in [1.82, 2.24) is 0 Å². The van der Waals surface area contributed by atoms with Crippen LogP contribution in [0.4, 0.5) is 13.2 Å². The van der Waals surface area contributed by atoms with E-state index in [-0.39, 0.29) is 11.1 Å². The van der Waals surface area contributed by atoms with Crippen LogP contribution >= 0.6 is 15.9 Å². The molecule has 94 valence electrons. The van der Waals surface area contributed by atoms with Crippen molar-refractivity contribution in [3.8, 4) is 0 Å². The van der Waals surface area contributed by atoms with Gasteiger partial charge in [-0.25, -0.2) is 13.2 Å². The number of rotatable bonds is 2. The SMILES string of the molecule is OC(c1cc(F)ccc1F)c1cc(F)ccc1Br. The molecule has 0 amide bonds. The second kappa shape index (κ2) is 5.12. The Balaban J connectivity index is 2.50. The zero-order chi connectivity index (χ0) is 13.3. The summed E-state index contributed by atoms with van der Waals surface area (Å²) in [7, 11) is 0. The summed E-state index contributed by atoms with van der Waals surface area (Å²) in [6.45, 7) is 0. The number of aliphatic hydroxyl groups excluding tert-OH is 1. The first kappa shape index (κ1) is 13.1. The average Bonchev–Trinajstić information content (AvgIpc) is 2.34. The van der Waals surface area contributed by atoms with Gasteiger partial charge in [-0.3, -0.25) is 0 Å². The Bertz CT molecular complexity index is 535. The number of hydrogen-bond acceptors (Lipinski definition) is 1. The second-order valence-electron chi connectivity index (χ2n) is 3.73. The van der Waals surface area contributed by atoms with Crippen LogP contribution in [0.15, 0.2) is 40.9 Å². The first-order chi connectivity index (χ1) is 8.49. The minimum atomic E-state index is -1.44. The largest absolute Gasteiger partial charge is 0.384 e. The van der Waals surface area contributed by atoms with Gasteiger partial charge >= 0.3 is 0 Å². The molecule has 1 N–H and O–H groups in total. The van der Waals surface area contributed by atoms with E-state index in [0.717, 1.165) is 24.3 Å². The van der Waals surface area contributed by atoms with Crippen LogP contribution in [0.25, 0.3) is 0 Å². The maximum absolute atomic E-state index is 13.5. The van der Waals surface area contributed by atoms with Gasteiger partial charge in [-0.1, -0.05) is 15.9 Å². The Kier molecular flexibility index (Phi) is 3.73. The summed E-state index contributed by atoms with van der Waals surface area (Å²) < 4.78 is 40.1. The number of hydrogen-bond donors (Lipinski definition) is 1. The van der Waals surface area contributed by atoms with Crippen molar-refractivity contribution in [2.24, 2.45) is 0 Å². The molecule has 0 saturated carbocycles. The summed E-state index contributed by atoms with van der Waals surface area (Å²) in [4.78, 5) is 0. The fourth-order valence-electron chi connectivity index (χ4n) is 1.62. The third-order valence-corrected chi connectivity index (χ3v) is 3.23. The molecule has 1 unspecified atom stereocenters. The van der Waals surface area contributed by atoms with Gasteiger partial charge in [-0.05, 0) is 36.4 Å². The lowest BCUT2D eigenvalue weighted by Gasteiger charge is -2.14. The fourth-order valence-corrected chi connectivity index (χ4v) is 2.08. The third-order valence-electron chi connectivity index (χ3n) is 2.51. The van der Waals surface area contributed by atoms with Crippen molar-refractivity contribution in [3.63, 3.8) is 0 Å². The quantitative estimate of drug-likeness (QED) is 0.889. The molecular formula is C13H8BrF3O. The Morgan fingerprint density at radius 1 is 0.889 bits per heavy atom. The molecule has 1 atom stereocenters. The molecule has 0 fully saturated rings. The molecule has 0 saturated heterocycles. The molecule has 2 aromatic rings. The van der Waals surface area contributed by atoms with Gasteiger partial charge in [0, 0.05) is 15.6 Å². The summed E-state index contributed by atoms with van der Waals surface area (Å²) >= 11 is 3.13. The Morgan fingerprint density at radius 3 is 2.11 bits per heavy atom. The Morgan fingerprint density at radius 2 is 1.44 bits per heavy atom. The maximum Gasteiger partial charge on any atom is 0.129 e. The number of halogens is 4.